The normalized spacial score (nSPS) is 11.2. The van der Waals surface area contributed by atoms with Crippen LogP contribution in [0.4, 0.5) is 0 Å². The Labute approximate surface area is 93.1 Å². The third kappa shape index (κ3) is 4.38. The summed E-state index contributed by atoms with van der Waals surface area (Å²) in [6, 6.07) is -0.806. The van der Waals surface area contributed by atoms with Gasteiger partial charge in [-0.25, -0.2) is 0 Å². The van der Waals surface area contributed by atoms with E-state index in [0.717, 1.165) is 0 Å². The fraction of sp³-hybridized carbons (Fsp3) is 0.286. The van der Waals surface area contributed by atoms with Crippen LogP contribution in [-0.2, 0) is 24.0 Å². The first kappa shape index (κ1) is 19.6. The van der Waals surface area contributed by atoms with Gasteiger partial charge in [-0.05, 0) is 14.1 Å². The number of rotatable bonds is 5. The second-order valence-corrected chi connectivity index (χ2v) is 6.55. The topological polar surface area (TPSA) is 97.4 Å². The minimum atomic E-state index is -4.58. The predicted octanol–water partition coefficient (Wildman–Crippen LogP) is -0.252. The molecule has 6 nitrogen and oxygen atoms in total. The van der Waals surface area contributed by atoms with Gasteiger partial charge in [0.05, 0.1) is 0 Å². The van der Waals surface area contributed by atoms with Crippen molar-refractivity contribution in [3.63, 3.8) is 0 Å². The third-order valence-electron chi connectivity index (χ3n) is 1.22. The van der Waals surface area contributed by atoms with Crippen molar-refractivity contribution < 1.29 is 24.0 Å². The van der Waals surface area contributed by atoms with E-state index in [2.05, 4.69) is 5.32 Å². The first-order valence-electron chi connectivity index (χ1n) is 3.47. The van der Waals surface area contributed by atoms with Gasteiger partial charge in [0, 0.05) is 0 Å². The van der Waals surface area contributed by atoms with E-state index in [4.69, 9.17) is 0 Å². The maximum absolute atomic E-state index is 10.2. The van der Waals surface area contributed by atoms with Crippen molar-refractivity contribution in [2.75, 3.05) is 14.1 Å². The molecule has 0 heterocycles. The van der Waals surface area contributed by atoms with E-state index in [0.29, 0.717) is 0 Å². The molecule has 0 bridgehead atoms. The molecule has 0 unspecified atom stereocenters. The summed E-state index contributed by atoms with van der Waals surface area (Å²) in [5.41, 5.74) is 0. The Morgan fingerprint density at radius 3 is 0.867 bits per heavy atom. The molecule has 0 aromatic carbocycles. The SMILES string of the molecule is CNC.Cl.O=CP(C=O)(C=O)(C=O)C=O. The summed E-state index contributed by atoms with van der Waals surface area (Å²) in [6.45, 7) is -4.58. The molecular formula is C7H13ClNO5P. The summed E-state index contributed by atoms with van der Waals surface area (Å²) < 4.78 is 0. The van der Waals surface area contributed by atoms with Gasteiger partial charge in [0.25, 0.3) is 0 Å². The molecule has 15 heavy (non-hydrogen) atoms. The zero-order valence-electron chi connectivity index (χ0n) is 8.28. The molecule has 0 aliphatic rings. The zero-order chi connectivity index (χ0) is 11.7. The second-order valence-electron chi connectivity index (χ2n) is 2.52. The standard InChI is InChI=1S/C5H5O5P.C2H7N.ClH/c6-1-11(2-7,3-8,4-9)5-10;1-3-2;/h1-5H;3H,1-2H3;1H. The molecule has 0 aromatic rings. The van der Waals surface area contributed by atoms with Crippen LogP contribution in [0.3, 0.4) is 0 Å². The van der Waals surface area contributed by atoms with E-state index in [-0.39, 0.29) is 42.5 Å². The molecule has 0 aromatic heterocycles. The second kappa shape index (κ2) is 8.35. The van der Waals surface area contributed by atoms with E-state index in [1.807, 2.05) is 14.1 Å². The molecule has 0 rings (SSSR count). The van der Waals surface area contributed by atoms with E-state index < -0.39 is 6.60 Å². The third-order valence-corrected chi connectivity index (χ3v) is 3.65. The quantitative estimate of drug-likeness (QED) is 0.539. The molecule has 1 N–H and O–H groups in total. The minimum absolute atomic E-state index is 0. The Bertz CT molecular complexity index is 194. The summed E-state index contributed by atoms with van der Waals surface area (Å²) in [6.07, 6.45) is 0. The molecule has 0 saturated heterocycles. The Morgan fingerprint density at radius 1 is 0.733 bits per heavy atom. The average molecular weight is 258 g/mol. The van der Waals surface area contributed by atoms with Crippen LogP contribution in [0.15, 0.2) is 0 Å². The summed E-state index contributed by atoms with van der Waals surface area (Å²) in [5, 5.41) is 2.75. The number of hydrogen-bond acceptors (Lipinski definition) is 6. The van der Waals surface area contributed by atoms with Crippen molar-refractivity contribution in [3.05, 3.63) is 0 Å². The number of halogens is 1. The molecule has 0 radical (unpaired) electrons. The molecular weight excluding hydrogens is 245 g/mol. The van der Waals surface area contributed by atoms with Crippen molar-refractivity contribution in [2.24, 2.45) is 0 Å². The van der Waals surface area contributed by atoms with Gasteiger partial charge in [-0.1, -0.05) is 0 Å². The summed E-state index contributed by atoms with van der Waals surface area (Å²) in [4.78, 5) is 51.0. The van der Waals surface area contributed by atoms with Gasteiger partial charge in [-0.3, -0.25) is 0 Å². The van der Waals surface area contributed by atoms with Crippen LogP contribution in [0.25, 0.3) is 0 Å². The molecule has 0 fully saturated rings. The maximum atomic E-state index is 10.2. The van der Waals surface area contributed by atoms with E-state index in [1.165, 1.54) is 0 Å². The Morgan fingerprint density at radius 2 is 0.867 bits per heavy atom. The van der Waals surface area contributed by atoms with Gasteiger partial charge < -0.3 is 5.32 Å². The molecule has 8 heteroatoms. The van der Waals surface area contributed by atoms with Crippen molar-refractivity contribution in [2.45, 2.75) is 0 Å². The van der Waals surface area contributed by atoms with Crippen LogP contribution in [-0.4, -0.2) is 44.2 Å². The van der Waals surface area contributed by atoms with E-state index in [1.54, 1.807) is 0 Å². The summed E-state index contributed by atoms with van der Waals surface area (Å²) in [5.74, 6) is 0. The van der Waals surface area contributed by atoms with Crippen molar-refractivity contribution >= 4 is 49.1 Å². The molecule has 0 amide bonds. The number of carbonyl (C=O) groups excluding carboxylic acids is 5. The van der Waals surface area contributed by atoms with Gasteiger partial charge in [0.1, 0.15) is 0 Å². The monoisotopic (exact) mass is 257 g/mol. The Hall–Kier alpha value is -0.970. The average Bonchev–Trinajstić information content (AvgIpc) is 2.25. The van der Waals surface area contributed by atoms with Crippen LogP contribution in [0.2, 0.25) is 0 Å². The predicted molar refractivity (Wildman–Crippen MR) is 62.9 cm³/mol. The molecule has 0 spiro atoms. The van der Waals surface area contributed by atoms with Crippen LogP contribution < -0.4 is 5.32 Å². The zero-order valence-corrected chi connectivity index (χ0v) is 9.99. The Kier molecular flexibility index (Phi) is 10.9. The van der Waals surface area contributed by atoms with E-state index in [9.17, 15) is 24.0 Å². The van der Waals surface area contributed by atoms with E-state index >= 15 is 0 Å². The Balaban J connectivity index is -0.000000320. The van der Waals surface area contributed by atoms with Gasteiger partial charge in [0.2, 0.25) is 0 Å². The van der Waals surface area contributed by atoms with Gasteiger partial charge >= 0.3 is 60.7 Å². The first-order valence-corrected chi connectivity index (χ1v) is 6.05. The van der Waals surface area contributed by atoms with Crippen molar-refractivity contribution in [3.8, 4) is 0 Å². The van der Waals surface area contributed by atoms with Crippen molar-refractivity contribution in [1.82, 2.24) is 5.32 Å². The van der Waals surface area contributed by atoms with Crippen LogP contribution in [0.1, 0.15) is 0 Å². The van der Waals surface area contributed by atoms with Gasteiger partial charge in [-0.15, -0.1) is 12.4 Å². The fourth-order valence-electron chi connectivity index (χ4n) is 0.248. The number of hydrogen-bond donors (Lipinski definition) is 1. The molecule has 88 valence electrons. The molecule has 0 atom stereocenters. The summed E-state index contributed by atoms with van der Waals surface area (Å²) in [7, 11) is 3.75. The number of carbonyl (C=O) groups is 5. The van der Waals surface area contributed by atoms with Crippen LogP contribution >= 0.6 is 19.0 Å². The first-order chi connectivity index (χ1) is 6.53. The molecule has 0 aliphatic heterocycles. The van der Waals surface area contributed by atoms with Crippen molar-refractivity contribution in [1.29, 1.82) is 0 Å². The molecule has 0 aliphatic carbocycles. The van der Waals surface area contributed by atoms with Gasteiger partial charge in [0.15, 0.2) is 0 Å². The van der Waals surface area contributed by atoms with Crippen LogP contribution in [0, 0.1) is 0 Å². The fourth-order valence-corrected chi connectivity index (χ4v) is 0.745. The number of nitrogens with one attached hydrogen (secondary N) is 1. The van der Waals surface area contributed by atoms with Gasteiger partial charge in [-0.2, -0.15) is 0 Å². The van der Waals surface area contributed by atoms with Crippen LogP contribution in [0.5, 0.6) is 0 Å². The summed E-state index contributed by atoms with van der Waals surface area (Å²) >= 11 is 0. The molecule has 0 saturated carbocycles.